The lowest BCUT2D eigenvalue weighted by molar-refractivity contribution is -0.0501. The molecule has 1 saturated heterocycles. The van der Waals surface area contributed by atoms with Gasteiger partial charge in [-0.2, -0.15) is 0 Å². The van der Waals surface area contributed by atoms with Crippen LogP contribution in [0.3, 0.4) is 0 Å². The fourth-order valence-electron chi connectivity index (χ4n) is 1.57. The van der Waals surface area contributed by atoms with Crippen molar-refractivity contribution in [2.75, 3.05) is 18.1 Å². The van der Waals surface area contributed by atoms with Gasteiger partial charge in [0.15, 0.2) is 0 Å². The maximum Gasteiger partial charge on any atom is 0.150 e. The second-order valence-corrected chi connectivity index (χ2v) is 8.17. The molecule has 3 nitrogen and oxygen atoms in total. The van der Waals surface area contributed by atoms with Crippen molar-refractivity contribution in [2.45, 2.75) is 46.1 Å². The zero-order valence-corrected chi connectivity index (χ0v) is 11.0. The van der Waals surface area contributed by atoms with Gasteiger partial charge in [-0.05, 0) is 39.0 Å². The topological polar surface area (TPSA) is 43.4 Å². The zero-order chi connectivity index (χ0) is 11.7. The Morgan fingerprint density at radius 1 is 1.20 bits per heavy atom. The van der Waals surface area contributed by atoms with Crippen LogP contribution >= 0.6 is 0 Å². The molecule has 0 radical (unpaired) electrons. The molecule has 4 heteroatoms. The Bertz CT molecular complexity index is 297. The smallest absolute Gasteiger partial charge is 0.150 e. The van der Waals surface area contributed by atoms with Crippen molar-refractivity contribution in [3.05, 3.63) is 0 Å². The van der Waals surface area contributed by atoms with E-state index in [-0.39, 0.29) is 11.0 Å². The number of rotatable bonds is 2. The van der Waals surface area contributed by atoms with Gasteiger partial charge in [-0.1, -0.05) is 6.92 Å². The van der Waals surface area contributed by atoms with Gasteiger partial charge in [0.1, 0.15) is 9.84 Å². The van der Waals surface area contributed by atoms with Gasteiger partial charge in [0.2, 0.25) is 0 Å². The highest BCUT2D eigenvalue weighted by molar-refractivity contribution is 7.91. The fourth-order valence-corrected chi connectivity index (χ4v) is 3.38. The summed E-state index contributed by atoms with van der Waals surface area (Å²) in [6, 6.07) is 0. The summed E-state index contributed by atoms with van der Waals surface area (Å²) >= 11 is 0. The molecule has 1 heterocycles. The molecule has 0 aromatic carbocycles. The Labute approximate surface area is 93.1 Å². The predicted octanol–water partition coefficient (Wildman–Crippen LogP) is 2.02. The lowest BCUT2D eigenvalue weighted by Gasteiger charge is -2.35. The van der Waals surface area contributed by atoms with Crippen LogP contribution in [0.15, 0.2) is 0 Å². The van der Waals surface area contributed by atoms with Crippen LogP contribution in [0.1, 0.15) is 40.5 Å². The minimum atomic E-state index is -2.76. The molecule has 15 heavy (non-hydrogen) atoms. The third-order valence-electron chi connectivity index (χ3n) is 2.89. The van der Waals surface area contributed by atoms with E-state index >= 15 is 0 Å². The molecule has 1 rings (SSSR count). The SMILES string of the molecule is CC1(COC(C)(C)C)CCS(=O)(=O)CC1. The zero-order valence-electron chi connectivity index (χ0n) is 10.2. The maximum atomic E-state index is 11.3. The predicted molar refractivity (Wildman–Crippen MR) is 61.7 cm³/mol. The van der Waals surface area contributed by atoms with E-state index < -0.39 is 9.84 Å². The molecule has 0 bridgehead atoms. The Balaban J connectivity index is 2.49. The molecule has 0 spiro atoms. The van der Waals surface area contributed by atoms with E-state index in [1.54, 1.807) is 0 Å². The summed E-state index contributed by atoms with van der Waals surface area (Å²) in [6.45, 7) is 8.85. The lowest BCUT2D eigenvalue weighted by atomic mass is 9.85. The van der Waals surface area contributed by atoms with E-state index in [4.69, 9.17) is 4.74 Å². The van der Waals surface area contributed by atoms with Crippen molar-refractivity contribution >= 4 is 9.84 Å². The summed E-state index contributed by atoms with van der Waals surface area (Å²) in [5.74, 6) is 0.633. The van der Waals surface area contributed by atoms with Crippen LogP contribution in [0.4, 0.5) is 0 Å². The van der Waals surface area contributed by atoms with Crippen LogP contribution in [0, 0.1) is 5.41 Å². The van der Waals surface area contributed by atoms with Crippen molar-refractivity contribution in [2.24, 2.45) is 5.41 Å². The molecule has 90 valence electrons. The van der Waals surface area contributed by atoms with Gasteiger partial charge in [0.05, 0.1) is 23.7 Å². The van der Waals surface area contributed by atoms with Crippen LogP contribution in [0.5, 0.6) is 0 Å². The second kappa shape index (κ2) is 4.06. The minimum absolute atomic E-state index is 0.0403. The first-order chi connectivity index (χ1) is 6.62. The monoisotopic (exact) mass is 234 g/mol. The molecule has 0 aromatic rings. The van der Waals surface area contributed by atoms with Gasteiger partial charge in [-0.25, -0.2) is 8.42 Å². The average molecular weight is 234 g/mol. The highest BCUT2D eigenvalue weighted by atomic mass is 32.2. The minimum Gasteiger partial charge on any atom is -0.375 e. The van der Waals surface area contributed by atoms with Crippen LogP contribution in [0.25, 0.3) is 0 Å². The molecule has 0 saturated carbocycles. The molecule has 0 aliphatic carbocycles. The van der Waals surface area contributed by atoms with E-state index in [1.165, 1.54) is 0 Å². The summed E-state index contributed by atoms with van der Waals surface area (Å²) in [7, 11) is -2.76. The number of sulfone groups is 1. The van der Waals surface area contributed by atoms with Crippen molar-refractivity contribution in [1.82, 2.24) is 0 Å². The molecular weight excluding hydrogens is 212 g/mol. The summed E-state index contributed by atoms with van der Waals surface area (Å²) in [6.07, 6.45) is 1.46. The van der Waals surface area contributed by atoms with Gasteiger partial charge in [-0.3, -0.25) is 0 Å². The summed E-state index contributed by atoms with van der Waals surface area (Å²) < 4.78 is 28.3. The summed E-state index contributed by atoms with van der Waals surface area (Å²) in [5.41, 5.74) is -0.0993. The molecule has 1 aliphatic heterocycles. The van der Waals surface area contributed by atoms with Gasteiger partial charge in [0.25, 0.3) is 0 Å². The first-order valence-electron chi connectivity index (χ1n) is 5.46. The Kier molecular flexibility index (Phi) is 3.51. The third kappa shape index (κ3) is 4.51. The highest BCUT2D eigenvalue weighted by Gasteiger charge is 2.34. The first kappa shape index (κ1) is 13.0. The van der Waals surface area contributed by atoms with E-state index in [9.17, 15) is 8.42 Å². The Morgan fingerprint density at radius 3 is 2.07 bits per heavy atom. The maximum absolute atomic E-state index is 11.3. The second-order valence-electron chi connectivity index (χ2n) is 5.86. The van der Waals surface area contributed by atoms with Gasteiger partial charge < -0.3 is 4.74 Å². The number of hydrogen-bond acceptors (Lipinski definition) is 3. The summed E-state index contributed by atoms with van der Waals surface area (Å²) in [5, 5.41) is 0. The summed E-state index contributed by atoms with van der Waals surface area (Å²) in [4.78, 5) is 0. The van der Waals surface area contributed by atoms with Crippen molar-refractivity contribution in [3.8, 4) is 0 Å². The van der Waals surface area contributed by atoms with Crippen LogP contribution in [0.2, 0.25) is 0 Å². The van der Waals surface area contributed by atoms with Crippen molar-refractivity contribution < 1.29 is 13.2 Å². The first-order valence-corrected chi connectivity index (χ1v) is 7.29. The van der Waals surface area contributed by atoms with Crippen LogP contribution in [-0.2, 0) is 14.6 Å². The average Bonchev–Trinajstić information content (AvgIpc) is 2.07. The normalized spacial score (nSPS) is 25.1. The van der Waals surface area contributed by atoms with E-state index in [2.05, 4.69) is 6.92 Å². The van der Waals surface area contributed by atoms with E-state index in [0.29, 0.717) is 18.1 Å². The molecule has 1 aliphatic rings. The molecule has 0 aromatic heterocycles. The molecule has 0 N–H and O–H groups in total. The largest absolute Gasteiger partial charge is 0.375 e. The van der Waals surface area contributed by atoms with Gasteiger partial charge in [-0.15, -0.1) is 0 Å². The van der Waals surface area contributed by atoms with E-state index in [0.717, 1.165) is 12.8 Å². The molecule has 0 atom stereocenters. The lowest BCUT2D eigenvalue weighted by Crippen LogP contribution is -2.37. The third-order valence-corrected chi connectivity index (χ3v) is 4.54. The fraction of sp³-hybridized carbons (Fsp3) is 1.00. The number of ether oxygens (including phenoxy) is 1. The van der Waals surface area contributed by atoms with Crippen LogP contribution < -0.4 is 0 Å². The standard InChI is InChI=1S/C11H22O3S/c1-10(2,3)14-9-11(4)5-7-15(12,13)8-6-11/h5-9H2,1-4H3. The molecule has 1 fully saturated rings. The Morgan fingerprint density at radius 2 is 1.67 bits per heavy atom. The number of hydrogen-bond donors (Lipinski definition) is 0. The molecule has 0 unspecified atom stereocenters. The highest BCUT2D eigenvalue weighted by Crippen LogP contribution is 2.33. The van der Waals surface area contributed by atoms with Crippen molar-refractivity contribution in [3.63, 3.8) is 0 Å². The van der Waals surface area contributed by atoms with Crippen molar-refractivity contribution in [1.29, 1.82) is 0 Å². The van der Waals surface area contributed by atoms with E-state index in [1.807, 2.05) is 20.8 Å². The van der Waals surface area contributed by atoms with Gasteiger partial charge in [0, 0.05) is 0 Å². The quantitative estimate of drug-likeness (QED) is 0.734. The molecular formula is C11H22O3S. The Hall–Kier alpha value is -0.0900. The van der Waals surface area contributed by atoms with Gasteiger partial charge >= 0.3 is 0 Å². The van der Waals surface area contributed by atoms with Crippen LogP contribution in [-0.4, -0.2) is 32.1 Å². The molecule has 0 amide bonds.